The first-order valence-corrected chi connectivity index (χ1v) is 10.3. The third kappa shape index (κ3) is 4.06. The van der Waals surface area contributed by atoms with Crippen molar-refractivity contribution in [1.29, 1.82) is 0 Å². The van der Waals surface area contributed by atoms with Gasteiger partial charge in [0, 0.05) is 43.5 Å². The maximum Gasteiger partial charge on any atom is 0.229 e. The van der Waals surface area contributed by atoms with Gasteiger partial charge in [-0.1, -0.05) is 6.07 Å². The number of amides is 2. The summed E-state index contributed by atoms with van der Waals surface area (Å²) in [6.07, 6.45) is 2.57. The van der Waals surface area contributed by atoms with Crippen LogP contribution in [0.1, 0.15) is 19.3 Å². The van der Waals surface area contributed by atoms with Gasteiger partial charge in [-0.25, -0.2) is 0 Å². The molecule has 1 N–H and O–H groups in total. The maximum atomic E-state index is 12.9. The summed E-state index contributed by atoms with van der Waals surface area (Å²) >= 11 is 0. The van der Waals surface area contributed by atoms with Crippen LogP contribution in [-0.2, 0) is 9.59 Å². The number of nitrogens with one attached hydrogen (secondary N) is 1. The molecule has 7 heteroatoms. The van der Waals surface area contributed by atoms with Crippen LogP contribution in [-0.4, -0.2) is 45.7 Å². The molecule has 30 heavy (non-hydrogen) atoms. The molecule has 0 saturated carbocycles. The molecule has 2 heterocycles. The van der Waals surface area contributed by atoms with Gasteiger partial charge in [0.15, 0.2) is 0 Å². The minimum atomic E-state index is -0.417. The van der Waals surface area contributed by atoms with Crippen LogP contribution < -0.4 is 24.6 Å². The van der Waals surface area contributed by atoms with Crippen LogP contribution in [0, 0.1) is 5.92 Å². The van der Waals surface area contributed by atoms with Crippen molar-refractivity contribution in [3.05, 3.63) is 42.5 Å². The van der Waals surface area contributed by atoms with Gasteiger partial charge in [-0.05, 0) is 43.2 Å². The highest BCUT2D eigenvalue weighted by molar-refractivity contribution is 6.04. The molecular weight excluding hydrogens is 382 g/mol. The summed E-state index contributed by atoms with van der Waals surface area (Å²) in [6, 6.07) is 13.2. The number of carbonyl (C=O) groups excluding carboxylic acids is 2. The highest BCUT2D eigenvalue weighted by Gasteiger charge is 2.36. The van der Waals surface area contributed by atoms with Gasteiger partial charge >= 0.3 is 0 Å². The molecule has 0 aliphatic carbocycles. The summed E-state index contributed by atoms with van der Waals surface area (Å²) in [5.41, 5.74) is 2.53. The average molecular weight is 409 g/mol. The highest BCUT2D eigenvalue weighted by Crippen LogP contribution is 2.36. The number of anilines is 3. The molecule has 158 valence electrons. The van der Waals surface area contributed by atoms with Crippen molar-refractivity contribution in [2.24, 2.45) is 5.92 Å². The number of rotatable bonds is 6. The van der Waals surface area contributed by atoms with Crippen molar-refractivity contribution in [3.8, 4) is 11.5 Å². The van der Waals surface area contributed by atoms with Crippen molar-refractivity contribution in [1.82, 2.24) is 0 Å². The molecule has 0 aromatic heterocycles. The van der Waals surface area contributed by atoms with E-state index in [1.807, 2.05) is 18.2 Å². The zero-order valence-corrected chi connectivity index (χ0v) is 17.4. The smallest absolute Gasteiger partial charge is 0.229 e. The fraction of sp³-hybridized carbons (Fsp3) is 0.391. The molecule has 0 spiro atoms. The molecule has 7 nitrogen and oxygen atoms in total. The van der Waals surface area contributed by atoms with Gasteiger partial charge in [0.05, 0.1) is 25.8 Å². The molecule has 2 fully saturated rings. The van der Waals surface area contributed by atoms with E-state index in [4.69, 9.17) is 9.47 Å². The molecule has 1 unspecified atom stereocenters. The van der Waals surface area contributed by atoms with Gasteiger partial charge in [0.2, 0.25) is 11.8 Å². The standard InChI is InChI=1S/C23H27N3O4/c1-29-19-8-9-20(21(14-19)30-2)26-15-16(12-22(26)27)23(28)24-17-6-5-7-18(13-17)25-10-3-4-11-25/h5-9,13-14,16H,3-4,10-12,15H2,1-2H3,(H,24,28). The van der Waals surface area contributed by atoms with E-state index in [2.05, 4.69) is 16.3 Å². The molecule has 1 atom stereocenters. The third-order valence-electron chi connectivity index (χ3n) is 5.76. The SMILES string of the molecule is COc1ccc(N2CC(C(=O)Nc3cccc(N4CCCC4)c3)CC2=O)c(OC)c1. The van der Waals surface area contributed by atoms with Crippen molar-refractivity contribution < 1.29 is 19.1 Å². The summed E-state index contributed by atoms with van der Waals surface area (Å²) in [5, 5.41) is 2.99. The Bertz CT molecular complexity index is 940. The topological polar surface area (TPSA) is 71.1 Å². The summed E-state index contributed by atoms with van der Waals surface area (Å²) in [6.45, 7) is 2.42. The largest absolute Gasteiger partial charge is 0.497 e. The van der Waals surface area contributed by atoms with Crippen LogP contribution >= 0.6 is 0 Å². The van der Waals surface area contributed by atoms with E-state index < -0.39 is 5.92 Å². The second kappa shape index (κ2) is 8.65. The number of methoxy groups -OCH3 is 2. The second-order valence-electron chi connectivity index (χ2n) is 7.68. The first-order valence-electron chi connectivity index (χ1n) is 10.3. The molecule has 2 aromatic carbocycles. The Hall–Kier alpha value is -3.22. The van der Waals surface area contributed by atoms with Gasteiger partial charge in [0.1, 0.15) is 11.5 Å². The predicted octanol–water partition coefficient (Wildman–Crippen LogP) is 3.30. The lowest BCUT2D eigenvalue weighted by molar-refractivity contribution is -0.122. The molecule has 0 radical (unpaired) electrons. The molecule has 2 saturated heterocycles. The lowest BCUT2D eigenvalue weighted by Crippen LogP contribution is -2.28. The van der Waals surface area contributed by atoms with Gasteiger partial charge in [-0.3, -0.25) is 9.59 Å². The molecule has 2 aliphatic heterocycles. The van der Waals surface area contributed by atoms with Crippen molar-refractivity contribution >= 4 is 28.9 Å². The van der Waals surface area contributed by atoms with E-state index in [1.165, 1.54) is 12.8 Å². The molecule has 2 aromatic rings. The average Bonchev–Trinajstić information content (AvgIpc) is 3.43. The van der Waals surface area contributed by atoms with E-state index in [0.717, 1.165) is 24.5 Å². The fourth-order valence-corrected chi connectivity index (χ4v) is 4.12. The van der Waals surface area contributed by atoms with E-state index in [9.17, 15) is 9.59 Å². The summed E-state index contributed by atoms with van der Waals surface area (Å²) < 4.78 is 10.6. The lowest BCUT2D eigenvalue weighted by atomic mass is 10.1. The Morgan fingerprint density at radius 2 is 1.87 bits per heavy atom. The Balaban J connectivity index is 1.45. The van der Waals surface area contributed by atoms with Gasteiger partial charge in [0.25, 0.3) is 0 Å². The number of hydrogen-bond acceptors (Lipinski definition) is 5. The quantitative estimate of drug-likeness (QED) is 0.793. The second-order valence-corrected chi connectivity index (χ2v) is 7.68. The van der Waals surface area contributed by atoms with Gasteiger partial charge in [-0.2, -0.15) is 0 Å². The van der Waals surface area contributed by atoms with Crippen LogP contribution in [0.25, 0.3) is 0 Å². The summed E-state index contributed by atoms with van der Waals surface area (Å²) in [7, 11) is 3.13. The first-order chi connectivity index (χ1) is 14.6. The zero-order valence-electron chi connectivity index (χ0n) is 17.4. The van der Waals surface area contributed by atoms with Crippen LogP contribution in [0.15, 0.2) is 42.5 Å². The Morgan fingerprint density at radius 1 is 1.07 bits per heavy atom. The monoisotopic (exact) mass is 409 g/mol. The van der Waals surface area contributed by atoms with Crippen molar-refractivity contribution in [3.63, 3.8) is 0 Å². The van der Waals surface area contributed by atoms with Crippen LogP contribution in [0.3, 0.4) is 0 Å². The Morgan fingerprint density at radius 3 is 2.60 bits per heavy atom. The molecule has 2 amide bonds. The third-order valence-corrected chi connectivity index (χ3v) is 5.76. The van der Waals surface area contributed by atoms with Gasteiger partial charge in [-0.15, -0.1) is 0 Å². The van der Waals surface area contributed by atoms with E-state index in [1.54, 1.807) is 37.3 Å². The molecule has 0 bridgehead atoms. The molecule has 2 aliphatic rings. The minimum Gasteiger partial charge on any atom is -0.497 e. The van der Waals surface area contributed by atoms with Crippen LogP contribution in [0.2, 0.25) is 0 Å². The molecule has 4 rings (SSSR count). The first kappa shape index (κ1) is 20.1. The Kier molecular flexibility index (Phi) is 5.79. The predicted molar refractivity (Wildman–Crippen MR) is 117 cm³/mol. The zero-order chi connectivity index (χ0) is 21.1. The minimum absolute atomic E-state index is 0.0931. The van der Waals surface area contributed by atoms with Crippen LogP contribution in [0.5, 0.6) is 11.5 Å². The number of ether oxygens (including phenoxy) is 2. The fourth-order valence-electron chi connectivity index (χ4n) is 4.12. The number of hydrogen-bond donors (Lipinski definition) is 1. The van der Waals surface area contributed by atoms with E-state index in [0.29, 0.717) is 23.7 Å². The van der Waals surface area contributed by atoms with Crippen molar-refractivity contribution in [2.45, 2.75) is 19.3 Å². The van der Waals surface area contributed by atoms with E-state index >= 15 is 0 Å². The van der Waals surface area contributed by atoms with Gasteiger partial charge < -0.3 is 24.6 Å². The number of nitrogens with zero attached hydrogens (tertiary/aromatic N) is 2. The summed E-state index contributed by atoms with van der Waals surface area (Å²) in [5.74, 6) is 0.539. The number of carbonyl (C=O) groups is 2. The normalized spacial score (nSPS) is 18.6. The van der Waals surface area contributed by atoms with Crippen molar-refractivity contribution in [2.75, 3.05) is 49.0 Å². The highest BCUT2D eigenvalue weighted by atomic mass is 16.5. The maximum absolute atomic E-state index is 12.9. The van der Waals surface area contributed by atoms with E-state index in [-0.39, 0.29) is 18.2 Å². The van der Waals surface area contributed by atoms with Crippen LogP contribution in [0.4, 0.5) is 17.1 Å². The Labute approximate surface area is 176 Å². The summed E-state index contributed by atoms with van der Waals surface area (Å²) in [4.78, 5) is 29.5. The number of benzene rings is 2. The lowest BCUT2D eigenvalue weighted by Gasteiger charge is -2.20. The molecular formula is C23H27N3O4.